The highest BCUT2D eigenvalue weighted by Gasteiger charge is 2.25. The number of hydrogen-bond acceptors (Lipinski definition) is 6. The van der Waals surface area contributed by atoms with E-state index in [0.29, 0.717) is 31.9 Å². The van der Waals surface area contributed by atoms with Crippen molar-refractivity contribution in [3.8, 4) is 0 Å². The zero-order valence-electron chi connectivity index (χ0n) is 17.5. The number of rotatable bonds is 6. The van der Waals surface area contributed by atoms with Crippen LogP contribution in [0.15, 0.2) is 54.6 Å². The van der Waals surface area contributed by atoms with Gasteiger partial charge >= 0.3 is 12.1 Å². The summed E-state index contributed by atoms with van der Waals surface area (Å²) in [4.78, 5) is 26.3. The van der Waals surface area contributed by atoms with Crippen LogP contribution >= 0.6 is 0 Å². The normalized spacial score (nSPS) is 16.3. The Labute approximate surface area is 180 Å². The van der Waals surface area contributed by atoms with Crippen molar-refractivity contribution in [2.45, 2.75) is 25.6 Å². The molecule has 8 nitrogen and oxygen atoms in total. The molecule has 1 aliphatic heterocycles. The molecule has 3 aromatic rings. The highest BCUT2D eigenvalue weighted by Crippen LogP contribution is 2.20. The highest BCUT2D eigenvalue weighted by atomic mass is 16.6. The van der Waals surface area contributed by atoms with Crippen LogP contribution in [0.25, 0.3) is 10.9 Å². The first kappa shape index (κ1) is 20.9. The Morgan fingerprint density at radius 2 is 1.90 bits per heavy atom. The Hall–Kier alpha value is -3.39. The summed E-state index contributed by atoms with van der Waals surface area (Å²) in [5.41, 5.74) is 2.17. The number of nitrogens with zero attached hydrogens (tertiary/aromatic N) is 3. The first-order chi connectivity index (χ1) is 15.2. The molecule has 0 spiro atoms. The molecular weight excluding hydrogens is 396 g/mol. The highest BCUT2D eigenvalue weighted by molar-refractivity contribution is 6.02. The summed E-state index contributed by atoms with van der Waals surface area (Å²) in [7, 11) is 1.35. The summed E-state index contributed by atoms with van der Waals surface area (Å²) in [5, 5.41) is 8.70. The van der Waals surface area contributed by atoms with Crippen LogP contribution in [0.5, 0.6) is 0 Å². The second-order valence-corrected chi connectivity index (χ2v) is 7.51. The molecule has 0 radical (unpaired) electrons. The first-order valence-corrected chi connectivity index (χ1v) is 10.4. The molecule has 2 aromatic carbocycles. The van der Waals surface area contributed by atoms with Gasteiger partial charge in [0.25, 0.3) is 0 Å². The summed E-state index contributed by atoms with van der Waals surface area (Å²) >= 11 is 0. The molecule has 0 aliphatic carbocycles. The number of ether oxygens (including phenoxy) is 2. The SMILES string of the molecule is COC(=O)c1nn(CC[C@@H]2CN(C(=O)OCc3ccccc3)CCN2)c2ccccc12. The second kappa shape index (κ2) is 9.61. The Kier molecular flexibility index (Phi) is 6.47. The first-order valence-electron chi connectivity index (χ1n) is 10.4. The van der Waals surface area contributed by atoms with Gasteiger partial charge in [-0.15, -0.1) is 0 Å². The van der Waals surface area contributed by atoms with Gasteiger partial charge in [-0.05, 0) is 18.1 Å². The largest absolute Gasteiger partial charge is 0.464 e. The van der Waals surface area contributed by atoms with Crippen molar-refractivity contribution in [1.82, 2.24) is 20.0 Å². The number of fused-ring (bicyclic) bond motifs is 1. The molecule has 8 heteroatoms. The molecule has 0 saturated carbocycles. The Morgan fingerprint density at radius 3 is 2.71 bits per heavy atom. The van der Waals surface area contributed by atoms with Gasteiger partial charge < -0.3 is 19.7 Å². The van der Waals surface area contributed by atoms with Gasteiger partial charge in [-0.2, -0.15) is 5.10 Å². The van der Waals surface area contributed by atoms with Gasteiger partial charge in [0.2, 0.25) is 0 Å². The standard InChI is InChI=1S/C23H26N4O4/c1-30-22(28)21-19-9-5-6-10-20(19)27(25-21)13-11-18-15-26(14-12-24-18)23(29)31-16-17-7-3-2-4-8-17/h2-10,18,24H,11-16H2,1H3/t18-/m1/s1. The lowest BCUT2D eigenvalue weighted by atomic mass is 10.1. The van der Waals surface area contributed by atoms with E-state index in [2.05, 4.69) is 10.4 Å². The van der Waals surface area contributed by atoms with Crippen molar-refractivity contribution in [3.05, 3.63) is 65.9 Å². The lowest BCUT2D eigenvalue weighted by molar-refractivity contribution is 0.0594. The van der Waals surface area contributed by atoms with E-state index in [0.717, 1.165) is 22.9 Å². The van der Waals surface area contributed by atoms with E-state index in [-0.39, 0.29) is 18.7 Å². The molecule has 0 bridgehead atoms. The molecule has 162 valence electrons. The fourth-order valence-electron chi connectivity index (χ4n) is 3.82. The minimum Gasteiger partial charge on any atom is -0.464 e. The topological polar surface area (TPSA) is 85.7 Å². The van der Waals surface area contributed by atoms with Crippen molar-refractivity contribution in [3.63, 3.8) is 0 Å². The van der Waals surface area contributed by atoms with Crippen molar-refractivity contribution in [2.24, 2.45) is 0 Å². The number of nitrogens with one attached hydrogen (secondary N) is 1. The van der Waals surface area contributed by atoms with Gasteiger partial charge in [0.15, 0.2) is 5.69 Å². The molecule has 4 rings (SSSR count). The van der Waals surface area contributed by atoms with Gasteiger partial charge in [-0.1, -0.05) is 48.5 Å². The Balaban J connectivity index is 1.36. The zero-order valence-corrected chi connectivity index (χ0v) is 17.5. The number of aromatic nitrogens is 2. The van der Waals surface area contributed by atoms with E-state index in [1.54, 1.807) is 4.90 Å². The van der Waals surface area contributed by atoms with Crippen molar-refractivity contribution in [2.75, 3.05) is 26.7 Å². The van der Waals surface area contributed by atoms with Gasteiger partial charge in [-0.25, -0.2) is 9.59 Å². The number of para-hydroxylation sites is 1. The van der Waals surface area contributed by atoms with Crippen molar-refractivity contribution >= 4 is 23.0 Å². The monoisotopic (exact) mass is 422 g/mol. The number of methoxy groups -OCH3 is 1. The van der Waals surface area contributed by atoms with Crippen molar-refractivity contribution in [1.29, 1.82) is 0 Å². The van der Waals surface area contributed by atoms with Crippen LogP contribution in [0.1, 0.15) is 22.5 Å². The zero-order chi connectivity index (χ0) is 21.6. The van der Waals surface area contributed by atoms with Crippen molar-refractivity contribution < 1.29 is 19.1 Å². The molecule has 1 amide bonds. The maximum atomic E-state index is 12.5. The van der Waals surface area contributed by atoms with Gasteiger partial charge in [-0.3, -0.25) is 4.68 Å². The lowest BCUT2D eigenvalue weighted by Gasteiger charge is -2.33. The fraction of sp³-hybridized carbons (Fsp3) is 0.348. The summed E-state index contributed by atoms with van der Waals surface area (Å²) in [6, 6.07) is 17.4. The fourth-order valence-corrected chi connectivity index (χ4v) is 3.82. The van der Waals surface area contributed by atoms with E-state index in [9.17, 15) is 9.59 Å². The third-order valence-corrected chi connectivity index (χ3v) is 5.44. The number of benzene rings is 2. The van der Waals surface area contributed by atoms with Crippen LogP contribution in [0.2, 0.25) is 0 Å². The average Bonchev–Trinajstić information content (AvgIpc) is 3.20. The molecule has 1 fully saturated rings. The Bertz CT molecular complexity index is 1050. The van der Waals surface area contributed by atoms with E-state index in [1.165, 1.54) is 7.11 Å². The maximum absolute atomic E-state index is 12.5. The number of piperazine rings is 1. The summed E-state index contributed by atoms with van der Waals surface area (Å²) in [5.74, 6) is -0.446. The maximum Gasteiger partial charge on any atom is 0.410 e. The average molecular weight is 422 g/mol. The quantitative estimate of drug-likeness (QED) is 0.615. The predicted octanol–water partition coefficient (Wildman–Crippen LogP) is 2.82. The number of carbonyl (C=O) groups excluding carboxylic acids is 2. The van der Waals surface area contributed by atoms with Crippen LogP contribution in [0, 0.1) is 0 Å². The molecule has 31 heavy (non-hydrogen) atoms. The van der Waals surface area contributed by atoms with Gasteiger partial charge in [0.1, 0.15) is 6.61 Å². The third kappa shape index (κ3) is 4.86. The van der Waals surface area contributed by atoms with Crippen LogP contribution in [0.4, 0.5) is 4.79 Å². The second-order valence-electron chi connectivity index (χ2n) is 7.51. The lowest BCUT2D eigenvalue weighted by Crippen LogP contribution is -2.53. The molecule has 0 unspecified atom stereocenters. The van der Waals surface area contributed by atoms with Gasteiger partial charge in [0.05, 0.1) is 12.6 Å². The van der Waals surface area contributed by atoms with E-state index >= 15 is 0 Å². The Morgan fingerprint density at radius 1 is 1.13 bits per heavy atom. The van der Waals surface area contributed by atoms with Gasteiger partial charge in [0, 0.05) is 37.6 Å². The third-order valence-electron chi connectivity index (χ3n) is 5.44. The number of carbonyl (C=O) groups is 2. The summed E-state index contributed by atoms with van der Waals surface area (Å²) in [6.45, 7) is 2.77. The molecule has 1 N–H and O–H groups in total. The van der Waals surface area contributed by atoms with Crippen LogP contribution in [-0.2, 0) is 22.6 Å². The number of amides is 1. The van der Waals surface area contributed by atoms with Crippen LogP contribution < -0.4 is 5.32 Å². The minimum atomic E-state index is -0.446. The minimum absolute atomic E-state index is 0.113. The van der Waals surface area contributed by atoms with Crippen LogP contribution in [-0.4, -0.2) is 59.5 Å². The summed E-state index contributed by atoms with van der Waals surface area (Å²) in [6.07, 6.45) is 0.460. The summed E-state index contributed by atoms with van der Waals surface area (Å²) < 4.78 is 12.2. The molecule has 1 aliphatic rings. The molecular formula is C23H26N4O4. The smallest absolute Gasteiger partial charge is 0.410 e. The van der Waals surface area contributed by atoms with E-state index in [4.69, 9.17) is 9.47 Å². The molecule has 2 heterocycles. The van der Waals surface area contributed by atoms with Crippen LogP contribution in [0.3, 0.4) is 0 Å². The van der Waals surface area contributed by atoms with E-state index in [1.807, 2.05) is 59.3 Å². The number of hydrogen-bond donors (Lipinski definition) is 1. The molecule has 1 atom stereocenters. The molecule has 1 saturated heterocycles. The van der Waals surface area contributed by atoms with E-state index < -0.39 is 5.97 Å². The molecule has 1 aromatic heterocycles. The number of esters is 1. The predicted molar refractivity (Wildman–Crippen MR) is 116 cm³/mol. The number of aryl methyl sites for hydroxylation is 1.